The van der Waals surface area contributed by atoms with Crippen molar-refractivity contribution in [2.45, 2.75) is 0 Å². The van der Waals surface area contributed by atoms with Gasteiger partial charge in [-0.2, -0.15) is 0 Å². The van der Waals surface area contributed by atoms with Crippen molar-refractivity contribution in [3.05, 3.63) is 48.5 Å². The molecule has 0 heterocycles. The van der Waals surface area contributed by atoms with Crippen molar-refractivity contribution in [1.29, 1.82) is 0 Å². The molecule has 2 rings (SSSR count). The summed E-state index contributed by atoms with van der Waals surface area (Å²) in [5.41, 5.74) is 2.18. The summed E-state index contributed by atoms with van der Waals surface area (Å²) in [6.45, 7) is 4.50. The van der Waals surface area contributed by atoms with Crippen LogP contribution in [0.25, 0.3) is 11.1 Å². The van der Waals surface area contributed by atoms with Gasteiger partial charge in [-0.1, -0.05) is 24.3 Å². The predicted molar refractivity (Wildman–Crippen MR) is 120 cm³/mol. The third-order valence-corrected chi connectivity index (χ3v) is 4.25. The molecule has 32 heavy (non-hydrogen) atoms. The van der Waals surface area contributed by atoms with Gasteiger partial charge in [-0.05, 0) is 35.4 Å². The van der Waals surface area contributed by atoms with Gasteiger partial charge in [0.1, 0.15) is 24.7 Å². The summed E-state index contributed by atoms with van der Waals surface area (Å²) in [7, 11) is 0. The summed E-state index contributed by atoms with van der Waals surface area (Å²) in [6.07, 6.45) is 0. The molecule has 8 nitrogen and oxygen atoms in total. The van der Waals surface area contributed by atoms with E-state index in [-0.39, 0.29) is 13.2 Å². The van der Waals surface area contributed by atoms with Crippen LogP contribution in [-0.4, -0.2) is 89.5 Å². The van der Waals surface area contributed by atoms with Crippen LogP contribution >= 0.6 is 0 Å². The fraction of sp³-hybridized carbons (Fsp3) is 0.500. The quantitative estimate of drug-likeness (QED) is 0.315. The van der Waals surface area contributed by atoms with Crippen LogP contribution in [0.15, 0.2) is 48.5 Å². The van der Waals surface area contributed by atoms with Gasteiger partial charge in [0.25, 0.3) is 0 Å². The van der Waals surface area contributed by atoms with Gasteiger partial charge in [0.15, 0.2) is 0 Å². The van der Waals surface area contributed by atoms with Crippen molar-refractivity contribution in [3.63, 3.8) is 0 Å². The lowest BCUT2D eigenvalue weighted by Crippen LogP contribution is -2.11. The molecule has 0 aromatic heterocycles. The Labute approximate surface area is 189 Å². The standard InChI is InChI=1S/C24H34O8/c25-9-11-27-13-15-29-17-19-31-23-5-1-21(2-6-23)22-3-7-24(8-4-22)32-20-18-30-16-14-28-12-10-26/h1-8,25-26H,9-20H2. The van der Waals surface area contributed by atoms with E-state index in [2.05, 4.69) is 0 Å². The molecule has 2 aromatic carbocycles. The first-order chi connectivity index (χ1) is 15.8. The van der Waals surface area contributed by atoms with E-state index in [0.29, 0.717) is 66.1 Å². The van der Waals surface area contributed by atoms with Crippen molar-refractivity contribution in [1.82, 2.24) is 0 Å². The Kier molecular flexibility index (Phi) is 14.1. The number of benzene rings is 2. The van der Waals surface area contributed by atoms with Crippen molar-refractivity contribution < 1.29 is 38.6 Å². The van der Waals surface area contributed by atoms with E-state index in [9.17, 15) is 0 Å². The highest BCUT2D eigenvalue weighted by atomic mass is 16.6. The number of rotatable bonds is 19. The summed E-state index contributed by atoms with van der Waals surface area (Å²) < 4.78 is 32.4. The Bertz CT molecular complexity index is 629. The summed E-state index contributed by atoms with van der Waals surface area (Å²) >= 11 is 0. The first-order valence-corrected chi connectivity index (χ1v) is 10.8. The third-order valence-electron chi connectivity index (χ3n) is 4.25. The molecule has 0 amide bonds. The van der Waals surface area contributed by atoms with Crippen LogP contribution in [0.1, 0.15) is 0 Å². The lowest BCUT2D eigenvalue weighted by Gasteiger charge is -2.10. The zero-order valence-electron chi connectivity index (χ0n) is 18.4. The highest BCUT2D eigenvalue weighted by molar-refractivity contribution is 5.64. The highest BCUT2D eigenvalue weighted by Gasteiger charge is 2.01. The maximum atomic E-state index is 8.61. The second kappa shape index (κ2) is 17.4. The first-order valence-electron chi connectivity index (χ1n) is 10.8. The molecule has 0 fully saturated rings. The molecular weight excluding hydrogens is 416 g/mol. The second-order valence-corrected chi connectivity index (χ2v) is 6.64. The summed E-state index contributed by atoms with van der Waals surface area (Å²) in [6, 6.07) is 15.8. The zero-order valence-corrected chi connectivity index (χ0v) is 18.4. The van der Waals surface area contributed by atoms with Gasteiger partial charge in [0, 0.05) is 0 Å². The van der Waals surface area contributed by atoms with Crippen molar-refractivity contribution in [2.75, 3.05) is 79.3 Å². The monoisotopic (exact) mass is 450 g/mol. The maximum Gasteiger partial charge on any atom is 0.119 e. The van der Waals surface area contributed by atoms with Crippen LogP contribution in [0.3, 0.4) is 0 Å². The summed E-state index contributed by atoms with van der Waals surface area (Å²) in [5, 5.41) is 17.2. The SMILES string of the molecule is OCCOCCOCCOc1ccc(-c2ccc(OCCOCCOCCO)cc2)cc1. The van der Waals surface area contributed by atoms with Gasteiger partial charge in [0.05, 0.1) is 66.1 Å². The largest absolute Gasteiger partial charge is 0.491 e. The summed E-state index contributed by atoms with van der Waals surface area (Å²) in [5.74, 6) is 1.58. The maximum absolute atomic E-state index is 8.61. The Morgan fingerprint density at radius 3 is 1.06 bits per heavy atom. The van der Waals surface area contributed by atoms with E-state index < -0.39 is 0 Å². The van der Waals surface area contributed by atoms with E-state index >= 15 is 0 Å². The molecule has 178 valence electrons. The number of aliphatic hydroxyl groups excluding tert-OH is 2. The first kappa shape index (κ1) is 26.1. The van der Waals surface area contributed by atoms with Gasteiger partial charge in [-0.3, -0.25) is 0 Å². The normalized spacial score (nSPS) is 10.9. The Morgan fingerprint density at radius 2 is 0.719 bits per heavy atom. The van der Waals surface area contributed by atoms with Crippen LogP contribution in [-0.2, 0) is 18.9 Å². The Balaban J connectivity index is 1.61. The number of aliphatic hydroxyl groups is 2. The van der Waals surface area contributed by atoms with Crippen molar-refractivity contribution in [3.8, 4) is 22.6 Å². The molecule has 0 spiro atoms. The van der Waals surface area contributed by atoms with Crippen molar-refractivity contribution >= 4 is 0 Å². The Hall–Kier alpha value is -2.20. The van der Waals surface area contributed by atoms with E-state index in [1.165, 1.54) is 0 Å². The minimum atomic E-state index is 0.0245. The lowest BCUT2D eigenvalue weighted by atomic mass is 10.1. The third kappa shape index (κ3) is 11.4. The van der Waals surface area contributed by atoms with Crippen LogP contribution in [0.2, 0.25) is 0 Å². The van der Waals surface area contributed by atoms with Gasteiger partial charge in [-0.25, -0.2) is 0 Å². The van der Waals surface area contributed by atoms with Crippen LogP contribution in [0, 0.1) is 0 Å². The van der Waals surface area contributed by atoms with Gasteiger partial charge >= 0.3 is 0 Å². The van der Waals surface area contributed by atoms with Gasteiger partial charge in [0.2, 0.25) is 0 Å². The van der Waals surface area contributed by atoms with Gasteiger partial charge < -0.3 is 38.6 Å². The molecule has 0 aliphatic rings. The molecule has 2 N–H and O–H groups in total. The average molecular weight is 451 g/mol. The second-order valence-electron chi connectivity index (χ2n) is 6.64. The molecule has 0 aliphatic heterocycles. The fourth-order valence-corrected chi connectivity index (χ4v) is 2.70. The molecule has 0 atom stereocenters. The topological polar surface area (TPSA) is 95.8 Å². The molecule has 0 radical (unpaired) electrons. The Morgan fingerprint density at radius 1 is 0.406 bits per heavy atom. The smallest absolute Gasteiger partial charge is 0.119 e. The predicted octanol–water partition coefficient (Wildman–Crippen LogP) is 2.16. The molecule has 0 saturated carbocycles. The van der Waals surface area contributed by atoms with E-state index in [4.69, 9.17) is 38.6 Å². The van der Waals surface area contributed by atoms with E-state index in [0.717, 1.165) is 22.6 Å². The zero-order chi connectivity index (χ0) is 22.7. The van der Waals surface area contributed by atoms with E-state index in [1.807, 2.05) is 48.5 Å². The summed E-state index contributed by atoms with van der Waals surface area (Å²) in [4.78, 5) is 0. The molecule has 2 aromatic rings. The highest BCUT2D eigenvalue weighted by Crippen LogP contribution is 2.24. The van der Waals surface area contributed by atoms with E-state index in [1.54, 1.807) is 0 Å². The van der Waals surface area contributed by atoms with Crippen molar-refractivity contribution in [2.24, 2.45) is 0 Å². The van der Waals surface area contributed by atoms with Crippen LogP contribution in [0.4, 0.5) is 0 Å². The minimum Gasteiger partial charge on any atom is -0.491 e. The molecule has 8 heteroatoms. The number of ether oxygens (including phenoxy) is 6. The van der Waals surface area contributed by atoms with Crippen LogP contribution < -0.4 is 9.47 Å². The molecule has 0 bridgehead atoms. The minimum absolute atomic E-state index is 0.0245. The van der Waals surface area contributed by atoms with Gasteiger partial charge in [-0.15, -0.1) is 0 Å². The average Bonchev–Trinajstić information content (AvgIpc) is 2.83. The molecule has 0 aliphatic carbocycles. The molecule has 0 saturated heterocycles. The number of hydrogen-bond acceptors (Lipinski definition) is 8. The molecular formula is C24H34O8. The fourth-order valence-electron chi connectivity index (χ4n) is 2.70. The van der Waals surface area contributed by atoms with Crippen LogP contribution in [0.5, 0.6) is 11.5 Å². The lowest BCUT2D eigenvalue weighted by molar-refractivity contribution is 0.0247. The number of hydrogen-bond donors (Lipinski definition) is 2. The molecule has 0 unspecified atom stereocenters.